The van der Waals surface area contributed by atoms with Crippen molar-refractivity contribution in [2.75, 3.05) is 26.0 Å². The molecule has 0 saturated heterocycles. The van der Waals surface area contributed by atoms with E-state index in [0.717, 1.165) is 11.3 Å². The molecule has 3 rings (SSSR count). The Bertz CT molecular complexity index is 1000. The number of methoxy groups -OCH3 is 1. The molecular formula is C20H21N3O3S. The molecule has 0 saturated carbocycles. The highest BCUT2D eigenvalue weighted by molar-refractivity contribution is 7.99. The van der Waals surface area contributed by atoms with Crippen LogP contribution in [0.5, 0.6) is 0 Å². The SMILES string of the molecule is COCCNC(=O)CSc1nc2ccccc2c(=O)n1-c1ccc(C)cc1. The number of carbonyl (C=O) groups is 1. The number of aromatic nitrogens is 2. The van der Waals surface area contributed by atoms with Gasteiger partial charge in [-0.2, -0.15) is 0 Å². The van der Waals surface area contributed by atoms with Crippen molar-refractivity contribution in [2.24, 2.45) is 0 Å². The van der Waals surface area contributed by atoms with Crippen molar-refractivity contribution >= 4 is 28.6 Å². The van der Waals surface area contributed by atoms with Gasteiger partial charge in [0.2, 0.25) is 5.91 Å². The molecule has 1 heterocycles. The Morgan fingerprint density at radius 3 is 2.67 bits per heavy atom. The Morgan fingerprint density at radius 2 is 1.93 bits per heavy atom. The maximum absolute atomic E-state index is 13.1. The predicted molar refractivity (Wildman–Crippen MR) is 108 cm³/mol. The van der Waals surface area contributed by atoms with Gasteiger partial charge in [0.15, 0.2) is 5.16 Å². The van der Waals surface area contributed by atoms with Gasteiger partial charge in [-0.05, 0) is 31.2 Å². The van der Waals surface area contributed by atoms with Crippen LogP contribution in [0.3, 0.4) is 0 Å². The molecule has 27 heavy (non-hydrogen) atoms. The molecule has 0 unspecified atom stereocenters. The van der Waals surface area contributed by atoms with Gasteiger partial charge >= 0.3 is 0 Å². The minimum Gasteiger partial charge on any atom is -0.383 e. The molecule has 1 aromatic heterocycles. The number of hydrogen-bond acceptors (Lipinski definition) is 5. The maximum Gasteiger partial charge on any atom is 0.266 e. The number of nitrogens with zero attached hydrogens (tertiary/aromatic N) is 2. The first-order valence-corrected chi connectivity index (χ1v) is 9.56. The van der Waals surface area contributed by atoms with Crippen LogP contribution >= 0.6 is 11.8 Å². The van der Waals surface area contributed by atoms with E-state index < -0.39 is 0 Å². The van der Waals surface area contributed by atoms with Crippen molar-refractivity contribution in [1.82, 2.24) is 14.9 Å². The summed E-state index contributed by atoms with van der Waals surface area (Å²) in [5.74, 6) is 0.0373. The van der Waals surface area contributed by atoms with Crippen molar-refractivity contribution in [2.45, 2.75) is 12.1 Å². The lowest BCUT2D eigenvalue weighted by Crippen LogP contribution is -2.29. The van der Waals surface area contributed by atoms with Crippen molar-refractivity contribution in [1.29, 1.82) is 0 Å². The van der Waals surface area contributed by atoms with Crippen LogP contribution in [0.25, 0.3) is 16.6 Å². The molecule has 3 aromatic rings. The van der Waals surface area contributed by atoms with Gasteiger partial charge in [-0.3, -0.25) is 14.2 Å². The van der Waals surface area contributed by atoms with E-state index in [1.807, 2.05) is 43.3 Å². The number of nitrogens with one attached hydrogen (secondary N) is 1. The largest absolute Gasteiger partial charge is 0.383 e. The second-order valence-electron chi connectivity index (χ2n) is 6.02. The molecule has 0 aliphatic heterocycles. The molecule has 0 aliphatic rings. The van der Waals surface area contributed by atoms with Crippen molar-refractivity contribution in [3.8, 4) is 5.69 Å². The zero-order chi connectivity index (χ0) is 19.2. The van der Waals surface area contributed by atoms with Gasteiger partial charge < -0.3 is 10.1 Å². The van der Waals surface area contributed by atoms with E-state index in [9.17, 15) is 9.59 Å². The van der Waals surface area contributed by atoms with E-state index in [4.69, 9.17) is 4.74 Å². The van der Waals surface area contributed by atoms with Crippen molar-refractivity contribution in [3.63, 3.8) is 0 Å². The molecule has 0 bridgehead atoms. The Morgan fingerprint density at radius 1 is 1.19 bits per heavy atom. The number of amides is 1. The lowest BCUT2D eigenvalue weighted by Gasteiger charge is -2.13. The summed E-state index contributed by atoms with van der Waals surface area (Å²) >= 11 is 1.24. The van der Waals surface area contributed by atoms with Crippen LogP contribution in [0.4, 0.5) is 0 Å². The summed E-state index contributed by atoms with van der Waals surface area (Å²) < 4.78 is 6.49. The first-order chi connectivity index (χ1) is 13.1. The molecular weight excluding hydrogens is 362 g/mol. The third-order valence-corrected chi connectivity index (χ3v) is 4.94. The van der Waals surface area contributed by atoms with E-state index in [1.54, 1.807) is 23.8 Å². The van der Waals surface area contributed by atoms with Crippen LogP contribution in [-0.4, -0.2) is 41.5 Å². The minimum absolute atomic E-state index is 0.130. The molecule has 0 radical (unpaired) electrons. The van der Waals surface area contributed by atoms with Crippen LogP contribution in [0.15, 0.2) is 58.5 Å². The van der Waals surface area contributed by atoms with Crippen LogP contribution in [0.2, 0.25) is 0 Å². The summed E-state index contributed by atoms with van der Waals surface area (Å²) in [7, 11) is 1.58. The second kappa shape index (κ2) is 8.83. The van der Waals surface area contributed by atoms with Crippen LogP contribution in [0.1, 0.15) is 5.56 Å². The molecule has 0 atom stereocenters. The Hall–Kier alpha value is -2.64. The standard InChI is InChI=1S/C20H21N3O3S/c1-14-7-9-15(10-8-14)23-19(25)16-5-3-4-6-17(16)22-20(23)27-13-18(24)21-11-12-26-2/h3-10H,11-13H2,1-2H3,(H,21,24). The highest BCUT2D eigenvalue weighted by atomic mass is 32.2. The zero-order valence-corrected chi connectivity index (χ0v) is 16.1. The summed E-state index contributed by atoms with van der Waals surface area (Å²) in [6.07, 6.45) is 0. The van der Waals surface area contributed by atoms with E-state index in [-0.39, 0.29) is 17.2 Å². The minimum atomic E-state index is -0.147. The number of hydrogen-bond donors (Lipinski definition) is 1. The molecule has 7 heteroatoms. The van der Waals surface area contributed by atoms with Gasteiger partial charge in [0.05, 0.1) is 29.0 Å². The number of fused-ring (bicyclic) bond motifs is 1. The molecule has 0 spiro atoms. The highest BCUT2D eigenvalue weighted by Gasteiger charge is 2.14. The number of para-hydroxylation sites is 1. The Labute approximate surface area is 161 Å². The molecule has 0 fully saturated rings. The Balaban J connectivity index is 1.97. The summed E-state index contributed by atoms with van der Waals surface area (Å²) in [5.41, 5.74) is 2.30. The molecule has 140 valence electrons. The fourth-order valence-electron chi connectivity index (χ4n) is 2.60. The second-order valence-corrected chi connectivity index (χ2v) is 6.96. The first kappa shape index (κ1) is 19.1. The number of ether oxygens (including phenoxy) is 1. The number of carbonyl (C=O) groups excluding carboxylic acids is 1. The quantitative estimate of drug-likeness (QED) is 0.386. The van der Waals surface area contributed by atoms with E-state index in [0.29, 0.717) is 29.2 Å². The number of benzene rings is 2. The molecule has 1 N–H and O–H groups in total. The topological polar surface area (TPSA) is 73.2 Å². The van der Waals surface area contributed by atoms with Gasteiger partial charge in [-0.15, -0.1) is 0 Å². The highest BCUT2D eigenvalue weighted by Crippen LogP contribution is 2.21. The van der Waals surface area contributed by atoms with E-state index in [2.05, 4.69) is 10.3 Å². The third kappa shape index (κ3) is 4.56. The lowest BCUT2D eigenvalue weighted by molar-refractivity contribution is -0.118. The van der Waals surface area contributed by atoms with Gasteiger partial charge in [0, 0.05) is 13.7 Å². The average Bonchev–Trinajstić information content (AvgIpc) is 2.68. The number of aryl methyl sites for hydroxylation is 1. The third-order valence-electron chi connectivity index (χ3n) is 4.00. The van der Waals surface area contributed by atoms with Crippen molar-refractivity contribution < 1.29 is 9.53 Å². The van der Waals surface area contributed by atoms with Gasteiger partial charge in [-0.25, -0.2) is 4.98 Å². The zero-order valence-electron chi connectivity index (χ0n) is 15.3. The normalized spacial score (nSPS) is 10.9. The van der Waals surface area contributed by atoms with E-state index in [1.165, 1.54) is 11.8 Å². The smallest absolute Gasteiger partial charge is 0.266 e. The first-order valence-electron chi connectivity index (χ1n) is 8.57. The van der Waals surface area contributed by atoms with Gasteiger partial charge in [0.1, 0.15) is 0 Å². The molecule has 2 aromatic carbocycles. The van der Waals surface area contributed by atoms with Crippen LogP contribution < -0.4 is 10.9 Å². The summed E-state index contributed by atoms with van der Waals surface area (Å²) in [6, 6.07) is 14.9. The Kier molecular flexibility index (Phi) is 6.26. The molecule has 6 nitrogen and oxygen atoms in total. The van der Waals surface area contributed by atoms with Gasteiger partial charge in [-0.1, -0.05) is 41.6 Å². The average molecular weight is 383 g/mol. The van der Waals surface area contributed by atoms with E-state index >= 15 is 0 Å². The summed E-state index contributed by atoms with van der Waals surface area (Å²) in [4.78, 5) is 29.7. The summed E-state index contributed by atoms with van der Waals surface area (Å²) in [5, 5.41) is 3.81. The van der Waals surface area contributed by atoms with Gasteiger partial charge in [0.25, 0.3) is 5.56 Å². The number of thioether (sulfide) groups is 1. The number of rotatable bonds is 7. The monoisotopic (exact) mass is 383 g/mol. The fraction of sp³-hybridized carbons (Fsp3) is 0.250. The molecule has 1 amide bonds. The summed E-state index contributed by atoms with van der Waals surface area (Å²) in [6.45, 7) is 2.90. The fourth-order valence-corrected chi connectivity index (χ4v) is 3.45. The van der Waals surface area contributed by atoms with Crippen LogP contribution in [-0.2, 0) is 9.53 Å². The predicted octanol–water partition coefficient (Wildman–Crippen LogP) is 2.55. The van der Waals surface area contributed by atoms with Crippen molar-refractivity contribution in [3.05, 3.63) is 64.4 Å². The van der Waals surface area contributed by atoms with Crippen LogP contribution in [0, 0.1) is 6.92 Å². The molecule has 0 aliphatic carbocycles. The maximum atomic E-state index is 13.1. The lowest BCUT2D eigenvalue weighted by atomic mass is 10.2.